The minimum atomic E-state index is -0.919. The predicted molar refractivity (Wildman–Crippen MR) is 90.8 cm³/mol. The molecule has 3 rings (SSSR count). The fourth-order valence-electron chi connectivity index (χ4n) is 3.11. The lowest BCUT2D eigenvalue weighted by Gasteiger charge is -2.37. The van der Waals surface area contributed by atoms with E-state index in [0.717, 1.165) is 32.8 Å². The standard InChI is InChI=1S/C18H24N2O4/c1-18(2)17(22)19(3)14-5-4-13(12-16(14)24-18)15(21)6-7-20-8-10-23-11-9-20/h4-5,12H,6-11H2,1-3H3. The summed E-state index contributed by atoms with van der Waals surface area (Å²) in [4.78, 5) is 28.5. The number of carbonyl (C=O) groups is 2. The van der Waals surface area contributed by atoms with Gasteiger partial charge in [-0.2, -0.15) is 0 Å². The van der Waals surface area contributed by atoms with Gasteiger partial charge in [-0.05, 0) is 32.0 Å². The van der Waals surface area contributed by atoms with Crippen LogP contribution >= 0.6 is 0 Å². The van der Waals surface area contributed by atoms with Gasteiger partial charge in [0.05, 0.1) is 18.9 Å². The van der Waals surface area contributed by atoms with E-state index in [1.807, 2.05) is 0 Å². The van der Waals surface area contributed by atoms with Crippen LogP contribution in [0.25, 0.3) is 0 Å². The number of ether oxygens (including phenoxy) is 2. The lowest BCUT2D eigenvalue weighted by atomic mass is 10.0. The molecule has 1 saturated heterocycles. The summed E-state index contributed by atoms with van der Waals surface area (Å²) in [5.41, 5.74) is 0.404. The molecular formula is C18H24N2O4. The fourth-order valence-corrected chi connectivity index (χ4v) is 3.11. The average molecular weight is 332 g/mol. The highest BCUT2D eigenvalue weighted by atomic mass is 16.5. The average Bonchev–Trinajstić information content (AvgIpc) is 2.58. The van der Waals surface area contributed by atoms with Crippen molar-refractivity contribution in [3.05, 3.63) is 23.8 Å². The predicted octanol–water partition coefficient (Wildman–Crippen LogP) is 1.73. The minimum Gasteiger partial charge on any atom is -0.476 e. The lowest BCUT2D eigenvalue weighted by molar-refractivity contribution is -0.132. The zero-order valence-electron chi connectivity index (χ0n) is 14.5. The number of nitrogens with zero attached hydrogens (tertiary/aromatic N) is 2. The molecule has 130 valence electrons. The summed E-state index contributed by atoms with van der Waals surface area (Å²) in [7, 11) is 1.73. The van der Waals surface area contributed by atoms with Crippen molar-refractivity contribution < 1.29 is 19.1 Å². The number of amides is 1. The zero-order valence-corrected chi connectivity index (χ0v) is 14.5. The highest BCUT2D eigenvalue weighted by Crippen LogP contribution is 2.37. The first-order valence-electron chi connectivity index (χ1n) is 8.33. The molecule has 0 bridgehead atoms. The van der Waals surface area contributed by atoms with Gasteiger partial charge in [0.2, 0.25) is 0 Å². The van der Waals surface area contributed by atoms with Crippen LogP contribution in [0.1, 0.15) is 30.6 Å². The van der Waals surface area contributed by atoms with Crippen molar-refractivity contribution in [1.82, 2.24) is 4.90 Å². The van der Waals surface area contributed by atoms with Crippen molar-refractivity contribution >= 4 is 17.4 Å². The van der Waals surface area contributed by atoms with E-state index >= 15 is 0 Å². The van der Waals surface area contributed by atoms with Crippen LogP contribution in [0.3, 0.4) is 0 Å². The summed E-state index contributed by atoms with van der Waals surface area (Å²) in [5, 5.41) is 0. The Hall–Kier alpha value is -1.92. The Balaban J connectivity index is 1.71. The van der Waals surface area contributed by atoms with Gasteiger partial charge in [-0.1, -0.05) is 0 Å². The number of Topliss-reactive ketones (excluding diaryl/α,β-unsaturated/α-hetero) is 1. The summed E-state index contributed by atoms with van der Waals surface area (Å²) in [5.74, 6) is 0.575. The maximum atomic E-state index is 12.5. The van der Waals surface area contributed by atoms with Crippen LogP contribution in [0, 0.1) is 0 Å². The molecule has 24 heavy (non-hydrogen) atoms. The van der Waals surface area contributed by atoms with E-state index in [1.54, 1.807) is 44.0 Å². The summed E-state index contributed by atoms with van der Waals surface area (Å²) < 4.78 is 11.1. The van der Waals surface area contributed by atoms with Gasteiger partial charge in [0.1, 0.15) is 5.75 Å². The molecule has 2 heterocycles. The monoisotopic (exact) mass is 332 g/mol. The quantitative estimate of drug-likeness (QED) is 0.786. The second-order valence-electron chi connectivity index (χ2n) is 6.79. The van der Waals surface area contributed by atoms with E-state index in [4.69, 9.17) is 9.47 Å². The second kappa shape index (κ2) is 6.53. The molecule has 0 aromatic heterocycles. The third-order valence-corrected chi connectivity index (χ3v) is 4.59. The molecule has 1 amide bonds. The zero-order chi connectivity index (χ0) is 17.3. The molecule has 0 atom stereocenters. The third-order valence-electron chi connectivity index (χ3n) is 4.59. The van der Waals surface area contributed by atoms with Crippen LogP contribution in [0.5, 0.6) is 5.75 Å². The number of likely N-dealkylation sites (N-methyl/N-ethyl adjacent to an activating group) is 1. The highest BCUT2D eigenvalue weighted by Gasteiger charge is 2.39. The summed E-state index contributed by atoms with van der Waals surface area (Å²) in [6, 6.07) is 5.30. The van der Waals surface area contributed by atoms with E-state index in [2.05, 4.69) is 4.90 Å². The number of anilines is 1. The van der Waals surface area contributed by atoms with Crippen LogP contribution in [0.4, 0.5) is 5.69 Å². The first-order valence-corrected chi connectivity index (χ1v) is 8.33. The topological polar surface area (TPSA) is 59.1 Å². The van der Waals surface area contributed by atoms with Crippen molar-refractivity contribution in [2.24, 2.45) is 0 Å². The van der Waals surface area contributed by atoms with Gasteiger partial charge >= 0.3 is 0 Å². The number of hydrogen-bond donors (Lipinski definition) is 0. The number of benzene rings is 1. The maximum absolute atomic E-state index is 12.5. The Morgan fingerprint density at radius 1 is 1.25 bits per heavy atom. The van der Waals surface area contributed by atoms with Crippen LogP contribution in [-0.4, -0.2) is 62.1 Å². The van der Waals surface area contributed by atoms with Gasteiger partial charge in [-0.25, -0.2) is 0 Å². The molecule has 1 aromatic carbocycles. The van der Waals surface area contributed by atoms with E-state index in [9.17, 15) is 9.59 Å². The number of hydrogen-bond acceptors (Lipinski definition) is 5. The Bertz CT molecular complexity index is 650. The SMILES string of the molecule is CN1C(=O)C(C)(C)Oc2cc(C(=O)CCN3CCOCC3)ccc21. The highest BCUT2D eigenvalue weighted by molar-refractivity contribution is 6.03. The molecule has 0 saturated carbocycles. The van der Waals surface area contributed by atoms with Gasteiger partial charge < -0.3 is 14.4 Å². The Labute approximate surface area is 142 Å². The summed E-state index contributed by atoms with van der Waals surface area (Å²) >= 11 is 0. The van der Waals surface area contributed by atoms with Gasteiger partial charge in [0, 0.05) is 38.7 Å². The molecule has 6 heteroatoms. The Kier molecular flexibility index (Phi) is 4.60. The summed E-state index contributed by atoms with van der Waals surface area (Å²) in [6.07, 6.45) is 0.469. The molecule has 1 aromatic rings. The largest absolute Gasteiger partial charge is 0.476 e. The van der Waals surface area contributed by atoms with Gasteiger partial charge in [-0.15, -0.1) is 0 Å². The molecule has 6 nitrogen and oxygen atoms in total. The van der Waals surface area contributed by atoms with Crippen molar-refractivity contribution in [1.29, 1.82) is 0 Å². The molecule has 0 radical (unpaired) electrons. The smallest absolute Gasteiger partial charge is 0.270 e. The van der Waals surface area contributed by atoms with E-state index in [-0.39, 0.29) is 11.7 Å². The number of morpholine rings is 1. The molecule has 2 aliphatic heterocycles. The van der Waals surface area contributed by atoms with E-state index in [0.29, 0.717) is 23.4 Å². The molecule has 1 fully saturated rings. The second-order valence-corrected chi connectivity index (χ2v) is 6.79. The van der Waals surface area contributed by atoms with Crippen molar-refractivity contribution in [2.75, 3.05) is 44.8 Å². The molecule has 0 aliphatic carbocycles. The maximum Gasteiger partial charge on any atom is 0.270 e. The van der Waals surface area contributed by atoms with Gasteiger partial charge in [-0.3, -0.25) is 14.5 Å². The van der Waals surface area contributed by atoms with Crippen LogP contribution in [-0.2, 0) is 9.53 Å². The fraction of sp³-hybridized carbons (Fsp3) is 0.556. The normalized spacial score (nSPS) is 20.5. The van der Waals surface area contributed by atoms with Gasteiger partial charge in [0.15, 0.2) is 11.4 Å². The lowest BCUT2D eigenvalue weighted by Crippen LogP contribution is -2.50. The van der Waals surface area contributed by atoms with Crippen LogP contribution < -0.4 is 9.64 Å². The van der Waals surface area contributed by atoms with Crippen molar-refractivity contribution in [3.8, 4) is 5.75 Å². The first-order chi connectivity index (χ1) is 11.4. The summed E-state index contributed by atoms with van der Waals surface area (Å²) in [6.45, 7) is 7.43. The number of rotatable bonds is 4. The van der Waals surface area contributed by atoms with E-state index in [1.165, 1.54) is 0 Å². The van der Waals surface area contributed by atoms with E-state index < -0.39 is 5.60 Å². The Morgan fingerprint density at radius 2 is 1.96 bits per heavy atom. The van der Waals surface area contributed by atoms with Gasteiger partial charge in [0.25, 0.3) is 5.91 Å². The molecule has 2 aliphatic rings. The van der Waals surface area contributed by atoms with Crippen LogP contribution in [0.2, 0.25) is 0 Å². The number of fused-ring (bicyclic) bond motifs is 1. The Morgan fingerprint density at radius 3 is 2.67 bits per heavy atom. The number of carbonyl (C=O) groups excluding carboxylic acids is 2. The minimum absolute atomic E-state index is 0.0882. The van der Waals surface area contributed by atoms with Crippen LogP contribution in [0.15, 0.2) is 18.2 Å². The first kappa shape index (κ1) is 16.9. The molecular weight excluding hydrogens is 308 g/mol. The van der Waals surface area contributed by atoms with Crippen molar-refractivity contribution in [3.63, 3.8) is 0 Å². The molecule has 0 N–H and O–H groups in total. The molecule has 0 unspecified atom stereocenters. The molecule has 0 spiro atoms. The van der Waals surface area contributed by atoms with Crippen molar-refractivity contribution in [2.45, 2.75) is 25.9 Å². The number of ketones is 1. The third kappa shape index (κ3) is 3.30.